The van der Waals surface area contributed by atoms with E-state index in [0.717, 1.165) is 5.56 Å². The maximum Gasteiger partial charge on any atom is 0.159 e. The van der Waals surface area contributed by atoms with Crippen LogP contribution in [-0.2, 0) is 6.42 Å². The van der Waals surface area contributed by atoms with Gasteiger partial charge in [-0.2, -0.15) is 0 Å². The molecule has 2 rings (SSSR count). The molecule has 0 aliphatic rings. The second-order valence-electron chi connectivity index (χ2n) is 4.29. The van der Waals surface area contributed by atoms with E-state index in [2.05, 4.69) is 35.8 Å². The van der Waals surface area contributed by atoms with Gasteiger partial charge in [0.2, 0.25) is 0 Å². The maximum atomic E-state index is 13.1. The molecule has 0 aliphatic heterocycles. The Morgan fingerprint density at radius 2 is 1.89 bits per heavy atom. The normalized spacial score (nSPS) is 12.7. The van der Waals surface area contributed by atoms with E-state index in [1.807, 2.05) is 0 Å². The summed E-state index contributed by atoms with van der Waals surface area (Å²) in [5.74, 6) is -1.59. The molecule has 0 bridgehead atoms. The van der Waals surface area contributed by atoms with Crippen molar-refractivity contribution < 1.29 is 8.78 Å². The summed E-state index contributed by atoms with van der Waals surface area (Å²) in [5.41, 5.74) is 2.02. The lowest BCUT2D eigenvalue weighted by atomic mass is 10.0. The van der Waals surface area contributed by atoms with Crippen molar-refractivity contribution in [2.45, 2.75) is 25.1 Å². The van der Waals surface area contributed by atoms with Crippen molar-refractivity contribution in [2.24, 2.45) is 0 Å². The van der Waals surface area contributed by atoms with Crippen LogP contribution in [0.4, 0.5) is 8.78 Å². The smallest absolute Gasteiger partial charge is 0.159 e. The van der Waals surface area contributed by atoms with Crippen LogP contribution >= 0.6 is 27.3 Å². The van der Waals surface area contributed by atoms with Gasteiger partial charge < -0.3 is 0 Å². The quantitative estimate of drug-likeness (QED) is 0.668. The number of hydrogen-bond donors (Lipinski definition) is 0. The van der Waals surface area contributed by atoms with Gasteiger partial charge in [-0.1, -0.05) is 22.0 Å². The predicted molar refractivity (Wildman–Crippen MR) is 75.5 cm³/mol. The zero-order valence-corrected chi connectivity index (χ0v) is 12.5. The highest BCUT2D eigenvalue weighted by atomic mass is 79.9. The number of alkyl halides is 1. The van der Waals surface area contributed by atoms with Crippen LogP contribution in [0.15, 0.2) is 24.3 Å². The number of benzene rings is 1. The van der Waals surface area contributed by atoms with Crippen molar-refractivity contribution in [3.05, 3.63) is 56.8 Å². The Morgan fingerprint density at radius 1 is 1.17 bits per heavy atom. The lowest BCUT2D eigenvalue weighted by molar-refractivity contribution is 0.507. The fraction of sp³-hybridized carbons (Fsp3) is 0.286. The average molecular weight is 331 g/mol. The fourth-order valence-corrected chi connectivity index (χ4v) is 3.93. The van der Waals surface area contributed by atoms with Crippen molar-refractivity contribution in [3.8, 4) is 0 Å². The van der Waals surface area contributed by atoms with Crippen molar-refractivity contribution in [1.82, 2.24) is 0 Å². The molecule has 0 nitrogen and oxygen atoms in total. The van der Waals surface area contributed by atoms with Gasteiger partial charge in [0.05, 0.1) is 0 Å². The second kappa shape index (κ2) is 5.49. The first kappa shape index (κ1) is 13.7. The first-order valence-electron chi connectivity index (χ1n) is 5.62. The number of hydrogen-bond acceptors (Lipinski definition) is 1. The zero-order chi connectivity index (χ0) is 13.3. The molecule has 0 radical (unpaired) electrons. The van der Waals surface area contributed by atoms with E-state index in [-0.39, 0.29) is 4.83 Å². The lowest BCUT2D eigenvalue weighted by Gasteiger charge is -2.10. The molecule has 0 aliphatic carbocycles. The first-order chi connectivity index (χ1) is 8.47. The minimum Gasteiger partial charge on any atom is -0.204 e. The molecule has 1 aromatic carbocycles. The summed E-state index contributed by atoms with van der Waals surface area (Å²) in [5, 5.41) is 0. The molecule has 96 valence electrons. The zero-order valence-electron chi connectivity index (χ0n) is 10.1. The number of aryl methyl sites for hydroxylation is 2. The van der Waals surface area contributed by atoms with Crippen molar-refractivity contribution in [1.29, 1.82) is 0 Å². The first-order valence-corrected chi connectivity index (χ1v) is 7.35. The van der Waals surface area contributed by atoms with Crippen LogP contribution in [0.1, 0.15) is 25.7 Å². The summed E-state index contributed by atoms with van der Waals surface area (Å²) in [6.45, 7) is 4.14. The standard InChI is InChI=1S/C14H13BrF2S/c1-8-5-11(9(2)18-8)12(15)6-10-3-4-13(16)14(17)7-10/h3-5,7,12H,6H2,1-2H3. The molecular weight excluding hydrogens is 318 g/mol. The maximum absolute atomic E-state index is 13.1. The van der Waals surface area contributed by atoms with Crippen LogP contribution in [0.3, 0.4) is 0 Å². The molecule has 18 heavy (non-hydrogen) atoms. The number of thiophene rings is 1. The summed E-state index contributed by atoms with van der Waals surface area (Å²) in [7, 11) is 0. The van der Waals surface area contributed by atoms with Crippen LogP contribution in [-0.4, -0.2) is 0 Å². The molecule has 0 saturated heterocycles. The Kier molecular flexibility index (Phi) is 4.17. The highest BCUT2D eigenvalue weighted by Gasteiger charge is 2.14. The largest absolute Gasteiger partial charge is 0.204 e. The van der Waals surface area contributed by atoms with Crippen molar-refractivity contribution in [2.75, 3.05) is 0 Å². The summed E-state index contributed by atoms with van der Waals surface area (Å²) in [4.78, 5) is 2.65. The molecule has 1 unspecified atom stereocenters. The van der Waals surface area contributed by atoms with E-state index in [1.54, 1.807) is 17.4 Å². The number of rotatable bonds is 3. The Labute approximate surface area is 118 Å². The van der Waals surface area contributed by atoms with E-state index in [4.69, 9.17) is 0 Å². The van der Waals surface area contributed by atoms with E-state index >= 15 is 0 Å². The molecule has 1 heterocycles. The van der Waals surface area contributed by atoms with Crippen LogP contribution in [0, 0.1) is 25.5 Å². The average Bonchev–Trinajstić information content (AvgIpc) is 2.63. The molecule has 1 atom stereocenters. The molecule has 1 aromatic heterocycles. The summed E-state index contributed by atoms with van der Waals surface area (Å²) < 4.78 is 26.0. The highest BCUT2D eigenvalue weighted by Crippen LogP contribution is 2.34. The summed E-state index contributed by atoms with van der Waals surface area (Å²) in [6, 6.07) is 6.20. The molecule has 0 spiro atoms. The third kappa shape index (κ3) is 2.98. The second-order valence-corrected chi connectivity index (χ2v) is 6.85. The molecule has 2 aromatic rings. The minimum absolute atomic E-state index is 0.132. The minimum atomic E-state index is -0.799. The highest BCUT2D eigenvalue weighted by molar-refractivity contribution is 9.09. The lowest BCUT2D eigenvalue weighted by Crippen LogP contribution is -1.97. The van der Waals surface area contributed by atoms with Crippen molar-refractivity contribution >= 4 is 27.3 Å². The Bertz CT molecular complexity index is 563. The van der Waals surface area contributed by atoms with Gasteiger partial charge in [-0.15, -0.1) is 11.3 Å². The van der Waals surface area contributed by atoms with Gasteiger partial charge in [-0.25, -0.2) is 8.78 Å². The van der Waals surface area contributed by atoms with Crippen LogP contribution < -0.4 is 0 Å². The third-order valence-electron chi connectivity index (χ3n) is 2.82. The van der Waals surface area contributed by atoms with Gasteiger partial charge in [-0.3, -0.25) is 0 Å². The van der Waals surface area contributed by atoms with Gasteiger partial charge in [0.1, 0.15) is 0 Å². The van der Waals surface area contributed by atoms with Crippen LogP contribution in [0.5, 0.6) is 0 Å². The van der Waals surface area contributed by atoms with Gasteiger partial charge in [-0.05, 0) is 49.6 Å². The predicted octanol–water partition coefficient (Wildman–Crippen LogP) is 5.32. The van der Waals surface area contributed by atoms with Crippen molar-refractivity contribution in [3.63, 3.8) is 0 Å². The van der Waals surface area contributed by atoms with E-state index < -0.39 is 11.6 Å². The summed E-state index contributed by atoms with van der Waals surface area (Å²) in [6.07, 6.45) is 0.647. The Hall–Kier alpha value is -0.740. The third-order valence-corrected chi connectivity index (χ3v) is 4.61. The topological polar surface area (TPSA) is 0 Å². The summed E-state index contributed by atoms with van der Waals surface area (Å²) >= 11 is 5.37. The van der Waals surface area contributed by atoms with Gasteiger partial charge in [0.25, 0.3) is 0 Å². The van der Waals surface area contributed by atoms with E-state index in [9.17, 15) is 8.78 Å². The van der Waals surface area contributed by atoms with E-state index in [0.29, 0.717) is 6.42 Å². The van der Waals surface area contributed by atoms with Gasteiger partial charge in [0, 0.05) is 14.6 Å². The van der Waals surface area contributed by atoms with E-state index in [1.165, 1.54) is 27.5 Å². The molecule has 4 heteroatoms. The van der Waals surface area contributed by atoms with Gasteiger partial charge >= 0.3 is 0 Å². The molecular formula is C14H13BrF2S. The molecule has 0 saturated carbocycles. The van der Waals surface area contributed by atoms with Crippen LogP contribution in [0.25, 0.3) is 0 Å². The Balaban J connectivity index is 2.18. The number of halogens is 3. The molecule has 0 amide bonds. The molecule has 0 N–H and O–H groups in total. The van der Waals surface area contributed by atoms with Gasteiger partial charge in [0.15, 0.2) is 11.6 Å². The molecule has 0 fully saturated rings. The Morgan fingerprint density at radius 3 is 2.44 bits per heavy atom. The van der Waals surface area contributed by atoms with Crippen LogP contribution in [0.2, 0.25) is 0 Å². The SMILES string of the molecule is Cc1cc(C(Br)Cc2ccc(F)c(F)c2)c(C)s1. The monoisotopic (exact) mass is 330 g/mol. The fourth-order valence-electron chi connectivity index (χ4n) is 1.94.